The zero-order valence-electron chi connectivity index (χ0n) is 16.3. The highest BCUT2D eigenvalue weighted by Crippen LogP contribution is 2.28. The molecule has 8 nitrogen and oxygen atoms in total. The van der Waals surface area contributed by atoms with Crippen molar-refractivity contribution in [1.82, 2.24) is 15.3 Å². The van der Waals surface area contributed by atoms with Crippen LogP contribution in [0.5, 0.6) is 11.5 Å². The Morgan fingerprint density at radius 2 is 1.96 bits per heavy atom. The average molecular weight is 386 g/mol. The van der Waals surface area contributed by atoms with Gasteiger partial charge in [-0.05, 0) is 18.2 Å². The first-order valence-electron chi connectivity index (χ1n) is 9.35. The van der Waals surface area contributed by atoms with E-state index in [4.69, 9.17) is 14.2 Å². The third kappa shape index (κ3) is 5.10. The summed E-state index contributed by atoms with van der Waals surface area (Å²) in [5.74, 6) is 1.73. The zero-order chi connectivity index (χ0) is 19.8. The van der Waals surface area contributed by atoms with Crippen molar-refractivity contribution in [3.63, 3.8) is 0 Å². The molecule has 1 N–H and O–H groups in total. The van der Waals surface area contributed by atoms with Crippen molar-refractivity contribution in [2.24, 2.45) is 0 Å². The van der Waals surface area contributed by atoms with Gasteiger partial charge in [0, 0.05) is 58.0 Å². The molecular weight excluding hydrogens is 360 g/mol. The van der Waals surface area contributed by atoms with E-state index in [2.05, 4.69) is 20.2 Å². The lowest BCUT2D eigenvalue weighted by Gasteiger charge is -2.32. The van der Waals surface area contributed by atoms with Gasteiger partial charge in [0.2, 0.25) is 5.95 Å². The standard InChI is InChI=1S/C20H26N4O4/c1-26-13-10-21-19(25)17-5-4-16(27-2)14-18(17)28-15-6-11-24(12-7-15)20-22-8-3-9-23-20/h3-5,8-9,14-15H,6-7,10-13H2,1-2H3,(H,21,25). The molecule has 1 amide bonds. The maximum atomic E-state index is 12.5. The van der Waals surface area contributed by atoms with Crippen LogP contribution in [0.1, 0.15) is 23.2 Å². The van der Waals surface area contributed by atoms with Gasteiger partial charge in [-0.15, -0.1) is 0 Å². The molecule has 2 heterocycles. The van der Waals surface area contributed by atoms with Crippen LogP contribution in [0, 0.1) is 0 Å². The maximum absolute atomic E-state index is 12.5. The van der Waals surface area contributed by atoms with Gasteiger partial charge in [0.05, 0.1) is 19.3 Å². The van der Waals surface area contributed by atoms with E-state index in [0.717, 1.165) is 31.9 Å². The van der Waals surface area contributed by atoms with Crippen molar-refractivity contribution < 1.29 is 19.0 Å². The van der Waals surface area contributed by atoms with E-state index >= 15 is 0 Å². The van der Waals surface area contributed by atoms with E-state index in [-0.39, 0.29) is 12.0 Å². The highest BCUT2D eigenvalue weighted by Gasteiger charge is 2.24. The summed E-state index contributed by atoms with van der Waals surface area (Å²) in [6, 6.07) is 7.05. The Bertz CT molecular complexity index is 764. The van der Waals surface area contributed by atoms with Crippen LogP contribution in [0.25, 0.3) is 0 Å². The summed E-state index contributed by atoms with van der Waals surface area (Å²) in [6.45, 7) is 2.50. The van der Waals surface area contributed by atoms with Crippen molar-refractivity contribution in [3.05, 3.63) is 42.2 Å². The number of aromatic nitrogens is 2. The molecule has 0 atom stereocenters. The monoisotopic (exact) mass is 386 g/mol. The summed E-state index contributed by atoms with van der Waals surface area (Å²) in [5, 5.41) is 2.83. The molecule has 150 valence electrons. The number of hydrogen-bond donors (Lipinski definition) is 1. The molecule has 1 aromatic heterocycles. The number of rotatable bonds is 8. The van der Waals surface area contributed by atoms with Crippen LogP contribution in [0.4, 0.5) is 5.95 Å². The Morgan fingerprint density at radius 1 is 1.21 bits per heavy atom. The molecule has 28 heavy (non-hydrogen) atoms. The van der Waals surface area contributed by atoms with Gasteiger partial charge in [-0.1, -0.05) is 0 Å². The number of hydrogen-bond acceptors (Lipinski definition) is 7. The fourth-order valence-electron chi connectivity index (χ4n) is 3.08. The third-order valence-electron chi connectivity index (χ3n) is 4.60. The van der Waals surface area contributed by atoms with Gasteiger partial charge >= 0.3 is 0 Å². The van der Waals surface area contributed by atoms with Crippen LogP contribution in [0.2, 0.25) is 0 Å². The summed E-state index contributed by atoms with van der Waals surface area (Å²) in [4.78, 5) is 23.3. The molecule has 0 spiro atoms. The first-order chi connectivity index (χ1) is 13.7. The summed E-state index contributed by atoms with van der Waals surface area (Å²) in [5.41, 5.74) is 0.491. The number of nitrogens with zero attached hydrogens (tertiary/aromatic N) is 3. The number of amides is 1. The number of piperidine rings is 1. The molecule has 8 heteroatoms. The molecule has 1 saturated heterocycles. The van der Waals surface area contributed by atoms with E-state index in [0.29, 0.717) is 30.2 Å². The van der Waals surface area contributed by atoms with Crippen molar-refractivity contribution in [2.75, 3.05) is 45.4 Å². The minimum atomic E-state index is -0.190. The smallest absolute Gasteiger partial charge is 0.255 e. The fourth-order valence-corrected chi connectivity index (χ4v) is 3.08. The van der Waals surface area contributed by atoms with Gasteiger partial charge in [-0.3, -0.25) is 4.79 Å². The summed E-state index contributed by atoms with van der Waals surface area (Å²) in [6.07, 6.45) is 5.14. The number of methoxy groups -OCH3 is 2. The predicted octanol–water partition coefficient (Wildman–Crippen LogP) is 1.91. The molecule has 0 aliphatic carbocycles. The van der Waals surface area contributed by atoms with Crippen molar-refractivity contribution in [1.29, 1.82) is 0 Å². The lowest BCUT2D eigenvalue weighted by atomic mass is 10.1. The molecule has 0 saturated carbocycles. The van der Waals surface area contributed by atoms with Gasteiger partial charge in [0.15, 0.2) is 0 Å². The van der Waals surface area contributed by atoms with Gasteiger partial charge in [-0.25, -0.2) is 9.97 Å². The molecule has 1 aromatic carbocycles. The van der Waals surface area contributed by atoms with E-state index in [1.165, 1.54) is 0 Å². The predicted molar refractivity (Wildman–Crippen MR) is 105 cm³/mol. The highest BCUT2D eigenvalue weighted by atomic mass is 16.5. The van der Waals surface area contributed by atoms with Gasteiger partial charge < -0.3 is 24.4 Å². The Morgan fingerprint density at radius 3 is 2.64 bits per heavy atom. The molecule has 1 fully saturated rings. The third-order valence-corrected chi connectivity index (χ3v) is 4.60. The fraction of sp³-hybridized carbons (Fsp3) is 0.450. The molecule has 2 aromatic rings. The molecule has 1 aliphatic heterocycles. The van der Waals surface area contributed by atoms with Gasteiger partial charge in [0.1, 0.15) is 17.6 Å². The second kappa shape index (κ2) is 9.89. The SMILES string of the molecule is COCCNC(=O)c1ccc(OC)cc1OC1CCN(c2ncccn2)CC1. The minimum absolute atomic E-state index is 0.0117. The first kappa shape index (κ1) is 19.9. The van der Waals surface area contributed by atoms with Gasteiger partial charge in [0.25, 0.3) is 5.91 Å². The number of carbonyl (C=O) groups excluding carboxylic acids is 1. The Balaban J connectivity index is 1.65. The van der Waals surface area contributed by atoms with Crippen LogP contribution in [-0.2, 0) is 4.74 Å². The number of nitrogens with one attached hydrogen (secondary N) is 1. The normalized spacial score (nSPS) is 14.6. The Kier molecular flexibility index (Phi) is 7.02. The summed E-state index contributed by atoms with van der Waals surface area (Å²) < 4.78 is 16.5. The molecule has 3 rings (SSSR count). The molecule has 1 aliphatic rings. The second-order valence-electron chi connectivity index (χ2n) is 6.46. The van der Waals surface area contributed by atoms with E-state index in [1.54, 1.807) is 50.9 Å². The van der Waals surface area contributed by atoms with Gasteiger partial charge in [-0.2, -0.15) is 0 Å². The average Bonchev–Trinajstić information content (AvgIpc) is 2.75. The van der Waals surface area contributed by atoms with Crippen molar-refractivity contribution in [3.8, 4) is 11.5 Å². The molecule has 0 radical (unpaired) electrons. The first-order valence-corrected chi connectivity index (χ1v) is 9.35. The zero-order valence-corrected chi connectivity index (χ0v) is 16.3. The van der Waals surface area contributed by atoms with Crippen LogP contribution < -0.4 is 19.7 Å². The lowest BCUT2D eigenvalue weighted by molar-refractivity contribution is 0.0927. The minimum Gasteiger partial charge on any atom is -0.497 e. The largest absolute Gasteiger partial charge is 0.497 e. The number of carbonyl (C=O) groups is 1. The molecular formula is C20H26N4O4. The summed E-state index contributed by atoms with van der Waals surface area (Å²) >= 11 is 0. The van der Waals surface area contributed by atoms with Crippen molar-refractivity contribution >= 4 is 11.9 Å². The quantitative estimate of drug-likeness (QED) is 0.694. The van der Waals surface area contributed by atoms with E-state index in [1.807, 2.05) is 0 Å². The van der Waals surface area contributed by atoms with Crippen LogP contribution in [0.3, 0.4) is 0 Å². The number of benzene rings is 1. The topological polar surface area (TPSA) is 85.8 Å². The van der Waals surface area contributed by atoms with E-state index < -0.39 is 0 Å². The lowest BCUT2D eigenvalue weighted by Crippen LogP contribution is -2.39. The van der Waals surface area contributed by atoms with Crippen LogP contribution in [-0.4, -0.2) is 62.4 Å². The van der Waals surface area contributed by atoms with Crippen LogP contribution >= 0.6 is 0 Å². The number of ether oxygens (including phenoxy) is 3. The maximum Gasteiger partial charge on any atom is 0.255 e. The molecule has 0 unspecified atom stereocenters. The van der Waals surface area contributed by atoms with Crippen LogP contribution in [0.15, 0.2) is 36.7 Å². The van der Waals surface area contributed by atoms with E-state index in [9.17, 15) is 4.79 Å². The Labute approximate surface area is 164 Å². The summed E-state index contributed by atoms with van der Waals surface area (Å²) in [7, 11) is 3.19. The Hall–Kier alpha value is -2.87. The highest BCUT2D eigenvalue weighted by molar-refractivity contribution is 5.97. The number of anilines is 1. The van der Waals surface area contributed by atoms with Crippen molar-refractivity contribution in [2.45, 2.75) is 18.9 Å². The second-order valence-corrected chi connectivity index (χ2v) is 6.46. The molecule has 0 bridgehead atoms.